The molecule has 0 atom stereocenters. The molecule has 0 spiro atoms. The van der Waals surface area contributed by atoms with Gasteiger partial charge in [-0.25, -0.2) is 0 Å². The highest BCUT2D eigenvalue weighted by molar-refractivity contribution is 5.61. The van der Waals surface area contributed by atoms with Crippen molar-refractivity contribution in [3.05, 3.63) is 48.0 Å². The Kier molecular flexibility index (Phi) is 3.75. The Labute approximate surface area is 109 Å². The molecule has 0 fully saturated rings. The van der Waals surface area contributed by atoms with E-state index in [4.69, 9.17) is 0 Å². The van der Waals surface area contributed by atoms with Crippen molar-refractivity contribution in [1.82, 2.24) is 9.97 Å². The standard InChI is InChI=1S/C16H20N2/c1-11(2)15-7-5-13(9-17-15)14-6-8-16(12(3)4)18-10-14/h5-12H,1-4H3. The molecule has 0 radical (unpaired) electrons. The van der Waals surface area contributed by atoms with Crippen molar-refractivity contribution in [3.63, 3.8) is 0 Å². The lowest BCUT2D eigenvalue weighted by molar-refractivity contribution is 0.821. The van der Waals surface area contributed by atoms with E-state index in [0.717, 1.165) is 22.5 Å². The maximum atomic E-state index is 4.48. The number of rotatable bonds is 3. The third-order valence-corrected chi connectivity index (χ3v) is 3.09. The van der Waals surface area contributed by atoms with Crippen molar-refractivity contribution in [3.8, 4) is 11.1 Å². The lowest BCUT2D eigenvalue weighted by Crippen LogP contribution is -1.94. The molecule has 2 aromatic rings. The zero-order valence-corrected chi connectivity index (χ0v) is 11.5. The highest BCUT2D eigenvalue weighted by Crippen LogP contribution is 2.21. The van der Waals surface area contributed by atoms with E-state index in [-0.39, 0.29) is 0 Å². The number of nitrogens with zero attached hydrogens (tertiary/aromatic N) is 2. The van der Waals surface area contributed by atoms with Crippen molar-refractivity contribution in [1.29, 1.82) is 0 Å². The summed E-state index contributed by atoms with van der Waals surface area (Å²) in [6.45, 7) is 8.62. The van der Waals surface area contributed by atoms with Gasteiger partial charge in [-0.2, -0.15) is 0 Å². The summed E-state index contributed by atoms with van der Waals surface area (Å²) in [6.07, 6.45) is 3.86. The van der Waals surface area contributed by atoms with Crippen LogP contribution in [0.4, 0.5) is 0 Å². The van der Waals surface area contributed by atoms with Gasteiger partial charge in [-0.3, -0.25) is 9.97 Å². The molecule has 2 nitrogen and oxygen atoms in total. The molecule has 0 aliphatic rings. The van der Waals surface area contributed by atoms with Gasteiger partial charge in [0, 0.05) is 34.9 Å². The van der Waals surface area contributed by atoms with Gasteiger partial charge in [-0.05, 0) is 24.0 Å². The summed E-state index contributed by atoms with van der Waals surface area (Å²) in [5, 5.41) is 0. The second-order valence-electron chi connectivity index (χ2n) is 5.25. The van der Waals surface area contributed by atoms with Crippen LogP contribution in [0.15, 0.2) is 36.7 Å². The fourth-order valence-electron chi connectivity index (χ4n) is 1.84. The summed E-state index contributed by atoms with van der Waals surface area (Å²) < 4.78 is 0. The predicted octanol–water partition coefficient (Wildman–Crippen LogP) is 4.39. The highest BCUT2D eigenvalue weighted by atomic mass is 14.7. The molecule has 0 bridgehead atoms. The predicted molar refractivity (Wildman–Crippen MR) is 75.6 cm³/mol. The first-order valence-corrected chi connectivity index (χ1v) is 6.50. The van der Waals surface area contributed by atoms with Gasteiger partial charge < -0.3 is 0 Å². The van der Waals surface area contributed by atoms with E-state index in [0.29, 0.717) is 11.8 Å². The summed E-state index contributed by atoms with van der Waals surface area (Å²) in [7, 11) is 0. The fourth-order valence-corrected chi connectivity index (χ4v) is 1.84. The number of pyridine rings is 2. The molecule has 0 amide bonds. The number of aromatic nitrogens is 2. The fraction of sp³-hybridized carbons (Fsp3) is 0.375. The maximum Gasteiger partial charge on any atom is 0.0429 e. The third kappa shape index (κ3) is 2.76. The molecule has 0 aliphatic carbocycles. The van der Waals surface area contributed by atoms with Crippen LogP contribution < -0.4 is 0 Å². The third-order valence-electron chi connectivity index (χ3n) is 3.09. The van der Waals surface area contributed by atoms with Gasteiger partial charge in [-0.1, -0.05) is 39.8 Å². The van der Waals surface area contributed by atoms with E-state index in [9.17, 15) is 0 Å². The SMILES string of the molecule is CC(C)c1ccc(-c2ccc(C(C)C)nc2)cn1. The van der Waals surface area contributed by atoms with E-state index in [1.807, 2.05) is 12.4 Å². The summed E-state index contributed by atoms with van der Waals surface area (Å²) in [5.41, 5.74) is 4.51. The molecule has 0 N–H and O–H groups in total. The van der Waals surface area contributed by atoms with E-state index in [1.165, 1.54) is 0 Å². The van der Waals surface area contributed by atoms with Crippen LogP contribution in [0.2, 0.25) is 0 Å². The second-order valence-corrected chi connectivity index (χ2v) is 5.25. The Hall–Kier alpha value is -1.70. The van der Waals surface area contributed by atoms with E-state index in [1.54, 1.807) is 0 Å². The zero-order valence-electron chi connectivity index (χ0n) is 11.5. The number of hydrogen-bond donors (Lipinski definition) is 0. The minimum absolute atomic E-state index is 0.473. The van der Waals surface area contributed by atoms with E-state index in [2.05, 4.69) is 61.9 Å². The Balaban J connectivity index is 2.25. The molecule has 2 heterocycles. The Bertz CT molecular complexity index is 446. The molecule has 2 aromatic heterocycles. The van der Waals surface area contributed by atoms with Crippen molar-refractivity contribution in [2.24, 2.45) is 0 Å². The van der Waals surface area contributed by atoms with Gasteiger partial charge in [0.25, 0.3) is 0 Å². The van der Waals surface area contributed by atoms with Gasteiger partial charge in [0.2, 0.25) is 0 Å². The molecule has 0 aliphatic heterocycles. The molecular weight excluding hydrogens is 220 g/mol. The van der Waals surface area contributed by atoms with E-state index >= 15 is 0 Å². The van der Waals surface area contributed by atoms with Crippen LogP contribution >= 0.6 is 0 Å². The molecule has 94 valence electrons. The average Bonchev–Trinajstić information content (AvgIpc) is 2.39. The summed E-state index contributed by atoms with van der Waals surface area (Å²) >= 11 is 0. The molecule has 0 saturated carbocycles. The monoisotopic (exact) mass is 240 g/mol. The summed E-state index contributed by atoms with van der Waals surface area (Å²) in [5.74, 6) is 0.945. The number of hydrogen-bond acceptors (Lipinski definition) is 2. The van der Waals surface area contributed by atoms with Gasteiger partial charge >= 0.3 is 0 Å². The van der Waals surface area contributed by atoms with Gasteiger partial charge in [0.15, 0.2) is 0 Å². The van der Waals surface area contributed by atoms with Crippen LogP contribution in [0, 0.1) is 0 Å². The quantitative estimate of drug-likeness (QED) is 0.795. The van der Waals surface area contributed by atoms with Crippen LogP contribution in [0.1, 0.15) is 50.9 Å². The van der Waals surface area contributed by atoms with Crippen LogP contribution in [0.5, 0.6) is 0 Å². The lowest BCUT2D eigenvalue weighted by atomic mass is 10.0. The maximum absolute atomic E-state index is 4.48. The molecule has 2 rings (SSSR count). The smallest absolute Gasteiger partial charge is 0.0429 e. The van der Waals surface area contributed by atoms with Crippen LogP contribution in [-0.2, 0) is 0 Å². The summed E-state index contributed by atoms with van der Waals surface area (Å²) in [6, 6.07) is 8.43. The topological polar surface area (TPSA) is 25.8 Å². The van der Waals surface area contributed by atoms with Crippen molar-refractivity contribution < 1.29 is 0 Å². The minimum Gasteiger partial charge on any atom is -0.260 e. The van der Waals surface area contributed by atoms with Crippen LogP contribution in [-0.4, -0.2) is 9.97 Å². The van der Waals surface area contributed by atoms with Gasteiger partial charge in [0.05, 0.1) is 0 Å². The molecule has 18 heavy (non-hydrogen) atoms. The normalized spacial score (nSPS) is 11.2. The molecule has 0 aromatic carbocycles. The molecular formula is C16H20N2. The molecule has 0 saturated heterocycles. The van der Waals surface area contributed by atoms with E-state index < -0.39 is 0 Å². The minimum atomic E-state index is 0.473. The van der Waals surface area contributed by atoms with Gasteiger partial charge in [0.1, 0.15) is 0 Å². The average molecular weight is 240 g/mol. The molecule has 0 unspecified atom stereocenters. The first kappa shape index (κ1) is 12.7. The summed E-state index contributed by atoms with van der Waals surface area (Å²) in [4.78, 5) is 8.97. The second kappa shape index (κ2) is 5.30. The molecule has 2 heteroatoms. The van der Waals surface area contributed by atoms with Crippen molar-refractivity contribution in [2.75, 3.05) is 0 Å². The Morgan fingerprint density at radius 2 is 1.06 bits per heavy atom. The first-order valence-electron chi connectivity index (χ1n) is 6.50. The highest BCUT2D eigenvalue weighted by Gasteiger charge is 2.04. The Morgan fingerprint density at radius 1 is 0.667 bits per heavy atom. The van der Waals surface area contributed by atoms with Crippen LogP contribution in [0.3, 0.4) is 0 Å². The Morgan fingerprint density at radius 3 is 1.28 bits per heavy atom. The van der Waals surface area contributed by atoms with Crippen molar-refractivity contribution >= 4 is 0 Å². The first-order chi connectivity index (χ1) is 8.58. The lowest BCUT2D eigenvalue weighted by Gasteiger charge is -2.07. The van der Waals surface area contributed by atoms with Crippen LogP contribution in [0.25, 0.3) is 11.1 Å². The zero-order chi connectivity index (χ0) is 13.1. The largest absolute Gasteiger partial charge is 0.260 e. The van der Waals surface area contributed by atoms with Gasteiger partial charge in [-0.15, -0.1) is 0 Å². The van der Waals surface area contributed by atoms with Crippen molar-refractivity contribution in [2.45, 2.75) is 39.5 Å².